The number of hydrogen-bond donors (Lipinski definition) is 1. The van der Waals surface area contributed by atoms with Crippen LogP contribution >= 0.6 is 11.3 Å². The SMILES string of the molecule is CCNc1cc(Cc2nccs2)nc(C(F)(F)F)n1. The minimum absolute atomic E-state index is 0.177. The minimum atomic E-state index is -4.55. The standard InChI is InChI=1S/C11H11F3N4S/c1-2-15-8-5-7(6-9-16-3-4-19-9)17-10(18-8)11(12,13)14/h3-5H,2,6H2,1H3,(H,15,17,18). The Morgan fingerprint density at radius 2 is 2.11 bits per heavy atom. The Morgan fingerprint density at radius 3 is 2.68 bits per heavy atom. The van der Waals surface area contributed by atoms with Crippen molar-refractivity contribution in [3.63, 3.8) is 0 Å². The predicted octanol–water partition coefficient (Wildman–Crippen LogP) is 2.97. The molecule has 0 aliphatic carbocycles. The van der Waals surface area contributed by atoms with E-state index in [1.54, 1.807) is 18.5 Å². The van der Waals surface area contributed by atoms with Crippen LogP contribution in [0.5, 0.6) is 0 Å². The first-order valence-corrected chi connectivity index (χ1v) is 6.44. The van der Waals surface area contributed by atoms with Crippen molar-refractivity contribution in [2.45, 2.75) is 19.5 Å². The first-order valence-electron chi connectivity index (χ1n) is 5.56. The molecular weight excluding hydrogens is 277 g/mol. The summed E-state index contributed by atoms with van der Waals surface area (Å²) in [4.78, 5) is 11.0. The number of hydrogen-bond acceptors (Lipinski definition) is 5. The van der Waals surface area contributed by atoms with Gasteiger partial charge in [-0.05, 0) is 6.92 Å². The molecule has 0 spiro atoms. The molecule has 0 fully saturated rings. The summed E-state index contributed by atoms with van der Waals surface area (Å²) in [6, 6.07) is 1.51. The summed E-state index contributed by atoms with van der Waals surface area (Å²) in [6.45, 7) is 2.28. The summed E-state index contributed by atoms with van der Waals surface area (Å²) < 4.78 is 38.1. The Kier molecular flexibility index (Phi) is 3.98. The summed E-state index contributed by atoms with van der Waals surface area (Å²) in [5.74, 6) is -0.950. The lowest BCUT2D eigenvalue weighted by atomic mass is 10.3. The van der Waals surface area contributed by atoms with Crippen molar-refractivity contribution in [1.82, 2.24) is 15.0 Å². The lowest BCUT2D eigenvalue weighted by Gasteiger charge is -2.10. The fraction of sp³-hybridized carbons (Fsp3) is 0.364. The summed E-state index contributed by atoms with van der Waals surface area (Å²) in [6.07, 6.45) is -2.68. The zero-order valence-electron chi connectivity index (χ0n) is 10.0. The van der Waals surface area contributed by atoms with Gasteiger partial charge >= 0.3 is 6.18 Å². The van der Waals surface area contributed by atoms with E-state index in [0.717, 1.165) is 0 Å². The predicted molar refractivity (Wildman–Crippen MR) is 66.1 cm³/mol. The first kappa shape index (κ1) is 13.7. The minimum Gasteiger partial charge on any atom is -0.370 e. The third kappa shape index (κ3) is 3.63. The van der Waals surface area contributed by atoms with E-state index in [0.29, 0.717) is 17.2 Å². The smallest absolute Gasteiger partial charge is 0.370 e. The Labute approximate surface area is 111 Å². The molecule has 0 saturated carbocycles. The van der Waals surface area contributed by atoms with Gasteiger partial charge in [0.15, 0.2) is 0 Å². The summed E-state index contributed by atoms with van der Waals surface area (Å²) in [5, 5.41) is 5.26. The van der Waals surface area contributed by atoms with Crippen molar-refractivity contribution in [2.24, 2.45) is 0 Å². The fourth-order valence-electron chi connectivity index (χ4n) is 1.48. The van der Waals surface area contributed by atoms with Crippen LogP contribution in [0.25, 0.3) is 0 Å². The van der Waals surface area contributed by atoms with Gasteiger partial charge in [-0.3, -0.25) is 0 Å². The summed E-state index contributed by atoms with van der Waals surface area (Å²) in [5.41, 5.74) is 0.299. The van der Waals surface area contributed by atoms with Crippen LogP contribution in [0.4, 0.5) is 19.0 Å². The van der Waals surface area contributed by atoms with E-state index >= 15 is 0 Å². The molecule has 2 aromatic rings. The van der Waals surface area contributed by atoms with Gasteiger partial charge in [-0.25, -0.2) is 15.0 Å². The molecule has 1 N–H and O–H groups in total. The molecule has 0 atom stereocenters. The van der Waals surface area contributed by atoms with Crippen molar-refractivity contribution >= 4 is 17.2 Å². The van der Waals surface area contributed by atoms with Gasteiger partial charge in [0, 0.05) is 30.6 Å². The fourth-order valence-corrected chi connectivity index (χ4v) is 2.11. The topological polar surface area (TPSA) is 50.7 Å². The molecule has 0 saturated heterocycles. The molecule has 2 rings (SSSR count). The van der Waals surface area contributed by atoms with Crippen molar-refractivity contribution < 1.29 is 13.2 Å². The molecule has 0 amide bonds. The van der Waals surface area contributed by atoms with Crippen molar-refractivity contribution in [3.05, 3.63) is 34.2 Å². The van der Waals surface area contributed by atoms with Crippen LogP contribution in [-0.4, -0.2) is 21.5 Å². The quantitative estimate of drug-likeness (QED) is 0.939. The van der Waals surface area contributed by atoms with E-state index in [9.17, 15) is 13.2 Å². The maximum absolute atomic E-state index is 12.7. The van der Waals surface area contributed by atoms with E-state index in [1.165, 1.54) is 17.4 Å². The summed E-state index contributed by atoms with van der Waals surface area (Å²) >= 11 is 1.38. The molecule has 0 aromatic carbocycles. The average molecular weight is 288 g/mol. The van der Waals surface area contributed by atoms with Crippen molar-refractivity contribution in [3.8, 4) is 0 Å². The van der Waals surface area contributed by atoms with Gasteiger partial charge in [-0.15, -0.1) is 11.3 Å². The highest BCUT2D eigenvalue weighted by Crippen LogP contribution is 2.27. The maximum atomic E-state index is 12.7. The normalized spacial score (nSPS) is 11.6. The van der Waals surface area contributed by atoms with Crippen LogP contribution in [-0.2, 0) is 12.6 Å². The maximum Gasteiger partial charge on any atom is 0.451 e. The van der Waals surface area contributed by atoms with Crippen LogP contribution in [0.2, 0.25) is 0 Å². The van der Waals surface area contributed by atoms with Crippen LogP contribution < -0.4 is 5.32 Å². The van der Waals surface area contributed by atoms with Crippen molar-refractivity contribution in [2.75, 3.05) is 11.9 Å². The zero-order chi connectivity index (χ0) is 13.9. The first-order chi connectivity index (χ1) is 8.99. The highest BCUT2D eigenvalue weighted by Gasteiger charge is 2.35. The van der Waals surface area contributed by atoms with E-state index < -0.39 is 12.0 Å². The molecule has 0 aliphatic heterocycles. The van der Waals surface area contributed by atoms with Crippen LogP contribution in [0.1, 0.15) is 23.4 Å². The second-order valence-electron chi connectivity index (χ2n) is 3.70. The molecule has 0 bridgehead atoms. The molecule has 0 aliphatic rings. The molecule has 2 heterocycles. The van der Waals surface area contributed by atoms with Crippen molar-refractivity contribution in [1.29, 1.82) is 0 Å². The molecule has 0 unspecified atom stereocenters. The molecule has 2 aromatic heterocycles. The number of rotatable bonds is 4. The van der Waals surface area contributed by atoms with E-state index in [4.69, 9.17) is 0 Å². The van der Waals surface area contributed by atoms with Gasteiger partial charge in [0.05, 0.1) is 10.7 Å². The van der Waals surface area contributed by atoms with Gasteiger partial charge in [-0.1, -0.05) is 0 Å². The Morgan fingerprint density at radius 1 is 1.32 bits per heavy atom. The van der Waals surface area contributed by atoms with Gasteiger partial charge in [0.2, 0.25) is 5.82 Å². The third-order valence-corrected chi connectivity index (χ3v) is 2.99. The highest BCUT2D eigenvalue weighted by atomic mass is 32.1. The molecule has 102 valence electrons. The zero-order valence-corrected chi connectivity index (χ0v) is 10.8. The molecular formula is C11H11F3N4S. The number of halogens is 3. The van der Waals surface area contributed by atoms with Gasteiger partial charge < -0.3 is 5.32 Å². The number of nitrogens with zero attached hydrogens (tertiary/aromatic N) is 3. The molecule has 19 heavy (non-hydrogen) atoms. The number of nitrogens with one attached hydrogen (secondary N) is 1. The lowest BCUT2D eigenvalue weighted by Crippen LogP contribution is -2.15. The molecule has 4 nitrogen and oxygen atoms in total. The van der Waals surface area contributed by atoms with Crippen LogP contribution in [0, 0.1) is 0 Å². The Bertz CT molecular complexity index is 539. The van der Waals surface area contributed by atoms with Gasteiger partial charge in [0.1, 0.15) is 5.82 Å². The van der Waals surface area contributed by atoms with E-state index in [1.807, 2.05) is 0 Å². The number of anilines is 1. The monoisotopic (exact) mass is 288 g/mol. The largest absolute Gasteiger partial charge is 0.451 e. The Balaban J connectivity index is 2.34. The third-order valence-electron chi connectivity index (χ3n) is 2.21. The molecule has 0 radical (unpaired) electrons. The van der Waals surface area contributed by atoms with E-state index in [2.05, 4.69) is 20.3 Å². The van der Waals surface area contributed by atoms with Crippen LogP contribution in [0.3, 0.4) is 0 Å². The highest BCUT2D eigenvalue weighted by molar-refractivity contribution is 7.09. The lowest BCUT2D eigenvalue weighted by molar-refractivity contribution is -0.145. The summed E-state index contributed by atoms with van der Waals surface area (Å²) in [7, 11) is 0. The second-order valence-corrected chi connectivity index (χ2v) is 4.68. The molecule has 8 heteroatoms. The number of aromatic nitrogens is 3. The number of alkyl halides is 3. The second kappa shape index (κ2) is 5.52. The Hall–Kier alpha value is -1.70. The average Bonchev–Trinajstić information content (AvgIpc) is 2.81. The van der Waals surface area contributed by atoms with Gasteiger partial charge in [-0.2, -0.15) is 13.2 Å². The number of thiazole rings is 1. The van der Waals surface area contributed by atoms with Gasteiger partial charge in [0.25, 0.3) is 0 Å². The van der Waals surface area contributed by atoms with Crippen LogP contribution in [0.15, 0.2) is 17.6 Å². The van der Waals surface area contributed by atoms with E-state index in [-0.39, 0.29) is 12.2 Å².